The minimum atomic E-state index is -0.283. The molecule has 2 N–H and O–H groups in total. The van der Waals surface area contributed by atoms with Crippen LogP contribution < -0.4 is 10.6 Å². The van der Waals surface area contributed by atoms with Gasteiger partial charge >= 0.3 is 6.03 Å². The molecule has 0 aliphatic rings. The first-order valence-electron chi connectivity index (χ1n) is 6.64. The van der Waals surface area contributed by atoms with Crippen molar-refractivity contribution in [2.24, 2.45) is 0 Å². The van der Waals surface area contributed by atoms with E-state index in [1.807, 2.05) is 37.3 Å². The zero-order chi connectivity index (χ0) is 15.1. The molecule has 0 radical (unpaired) electrons. The molecule has 0 saturated heterocycles. The largest absolute Gasteiger partial charge is 0.385 e. The molecular formula is C14H18N4O2S. The van der Waals surface area contributed by atoms with Gasteiger partial charge in [0.25, 0.3) is 0 Å². The maximum Gasteiger partial charge on any atom is 0.321 e. The maximum atomic E-state index is 11.8. The summed E-state index contributed by atoms with van der Waals surface area (Å²) in [6, 6.07) is 9.39. The predicted octanol–water partition coefficient (Wildman–Crippen LogP) is 2.75. The van der Waals surface area contributed by atoms with Crippen LogP contribution in [0, 0.1) is 0 Å². The van der Waals surface area contributed by atoms with Crippen LogP contribution in [-0.4, -0.2) is 35.1 Å². The van der Waals surface area contributed by atoms with Crippen LogP contribution in [0.2, 0.25) is 0 Å². The van der Waals surface area contributed by atoms with E-state index in [0.29, 0.717) is 17.6 Å². The third kappa shape index (κ3) is 4.80. The number of ether oxygens (including phenoxy) is 1. The van der Waals surface area contributed by atoms with E-state index in [2.05, 4.69) is 20.0 Å². The lowest BCUT2D eigenvalue weighted by Crippen LogP contribution is -2.36. The number of carbonyl (C=O) groups excluding carboxylic acids is 1. The smallest absolute Gasteiger partial charge is 0.321 e. The van der Waals surface area contributed by atoms with Crippen molar-refractivity contribution < 1.29 is 9.53 Å². The second kappa shape index (κ2) is 7.70. The van der Waals surface area contributed by atoms with E-state index in [1.54, 1.807) is 7.11 Å². The van der Waals surface area contributed by atoms with Crippen molar-refractivity contribution in [2.75, 3.05) is 19.0 Å². The molecular weight excluding hydrogens is 288 g/mol. The number of benzene rings is 1. The van der Waals surface area contributed by atoms with E-state index in [4.69, 9.17) is 4.74 Å². The normalized spacial score (nSPS) is 11.9. The van der Waals surface area contributed by atoms with Crippen LogP contribution in [0.3, 0.4) is 0 Å². The predicted molar refractivity (Wildman–Crippen MR) is 83.5 cm³/mol. The highest BCUT2D eigenvalue weighted by Gasteiger charge is 2.11. The number of nitrogens with one attached hydrogen (secondary N) is 2. The molecule has 0 saturated carbocycles. The zero-order valence-corrected chi connectivity index (χ0v) is 12.8. The summed E-state index contributed by atoms with van der Waals surface area (Å²) in [6.07, 6.45) is 0.759. The van der Waals surface area contributed by atoms with Crippen LogP contribution in [0.15, 0.2) is 30.3 Å². The van der Waals surface area contributed by atoms with Gasteiger partial charge in [-0.25, -0.2) is 4.79 Å². The average molecular weight is 306 g/mol. The monoisotopic (exact) mass is 306 g/mol. The molecule has 1 aromatic carbocycles. The molecule has 21 heavy (non-hydrogen) atoms. The fourth-order valence-corrected chi connectivity index (χ4v) is 2.29. The summed E-state index contributed by atoms with van der Waals surface area (Å²) in [5.74, 6) is 0.614. The lowest BCUT2D eigenvalue weighted by atomic mass is 10.2. The second-order valence-corrected chi connectivity index (χ2v) is 5.32. The highest BCUT2D eigenvalue weighted by molar-refractivity contribution is 7.10. The van der Waals surface area contributed by atoms with Crippen molar-refractivity contribution in [3.05, 3.63) is 30.3 Å². The number of methoxy groups -OCH3 is 1. The summed E-state index contributed by atoms with van der Waals surface area (Å²) in [7, 11) is 1.64. The number of carbonyl (C=O) groups is 1. The Bertz CT molecular complexity index is 573. The molecule has 2 aromatic rings. The van der Waals surface area contributed by atoms with Gasteiger partial charge in [-0.1, -0.05) is 30.3 Å². The number of amides is 2. The molecule has 0 aliphatic heterocycles. The van der Waals surface area contributed by atoms with Gasteiger partial charge in [0.2, 0.25) is 5.13 Å². The lowest BCUT2D eigenvalue weighted by molar-refractivity contribution is 0.185. The van der Waals surface area contributed by atoms with Gasteiger partial charge in [-0.3, -0.25) is 5.32 Å². The Balaban J connectivity index is 1.89. The van der Waals surface area contributed by atoms with E-state index in [0.717, 1.165) is 23.5 Å². The van der Waals surface area contributed by atoms with Crippen molar-refractivity contribution in [3.8, 4) is 11.4 Å². The number of aromatic nitrogens is 2. The van der Waals surface area contributed by atoms with Gasteiger partial charge in [-0.2, -0.15) is 9.36 Å². The van der Waals surface area contributed by atoms with Crippen LogP contribution >= 0.6 is 11.5 Å². The fourth-order valence-electron chi connectivity index (χ4n) is 1.70. The van der Waals surface area contributed by atoms with Crippen molar-refractivity contribution >= 4 is 22.7 Å². The molecule has 7 heteroatoms. The molecule has 112 valence electrons. The summed E-state index contributed by atoms with van der Waals surface area (Å²) in [6.45, 7) is 2.53. The van der Waals surface area contributed by atoms with Gasteiger partial charge in [0, 0.05) is 36.9 Å². The van der Waals surface area contributed by atoms with Crippen LogP contribution in [-0.2, 0) is 4.74 Å². The minimum absolute atomic E-state index is 0.0338. The lowest BCUT2D eigenvalue weighted by Gasteiger charge is -2.12. The maximum absolute atomic E-state index is 11.8. The number of anilines is 1. The molecule has 2 amide bonds. The zero-order valence-electron chi connectivity index (χ0n) is 12.0. The quantitative estimate of drug-likeness (QED) is 0.860. The summed E-state index contributed by atoms with van der Waals surface area (Å²) in [4.78, 5) is 16.1. The molecule has 0 spiro atoms. The van der Waals surface area contributed by atoms with Gasteiger partial charge < -0.3 is 10.1 Å². The Kier molecular flexibility index (Phi) is 5.65. The number of hydrogen-bond acceptors (Lipinski definition) is 5. The Hall–Kier alpha value is -1.99. The Morgan fingerprint density at radius 1 is 1.38 bits per heavy atom. The summed E-state index contributed by atoms with van der Waals surface area (Å²) in [5.41, 5.74) is 0.927. The number of hydrogen-bond donors (Lipinski definition) is 2. The molecule has 0 fully saturated rings. The SMILES string of the molecule is COCC[C@H](C)NC(=O)Nc1nc(-c2ccccc2)ns1. The molecule has 0 aliphatic carbocycles. The van der Waals surface area contributed by atoms with E-state index in [9.17, 15) is 4.79 Å². The van der Waals surface area contributed by atoms with Gasteiger partial charge in [0.1, 0.15) is 0 Å². The van der Waals surface area contributed by atoms with Crippen molar-refractivity contribution in [3.63, 3.8) is 0 Å². The molecule has 1 aromatic heterocycles. The van der Waals surface area contributed by atoms with E-state index < -0.39 is 0 Å². The highest BCUT2D eigenvalue weighted by Crippen LogP contribution is 2.20. The van der Waals surface area contributed by atoms with Gasteiger partial charge in [-0.05, 0) is 13.3 Å². The number of nitrogens with zero attached hydrogens (tertiary/aromatic N) is 2. The third-order valence-electron chi connectivity index (χ3n) is 2.81. The van der Waals surface area contributed by atoms with Crippen LogP contribution in [0.4, 0.5) is 9.93 Å². The summed E-state index contributed by atoms with van der Waals surface area (Å²) < 4.78 is 9.21. The second-order valence-electron chi connectivity index (χ2n) is 4.57. The standard InChI is InChI=1S/C14H18N4O2S/c1-10(8-9-20-2)15-13(19)17-14-16-12(18-21-14)11-6-4-3-5-7-11/h3-7,10H,8-9H2,1-2H3,(H2,15,16,17,18,19)/t10-/m0/s1. The van der Waals surface area contributed by atoms with Crippen molar-refractivity contribution in [1.82, 2.24) is 14.7 Å². The third-order valence-corrected chi connectivity index (χ3v) is 3.44. The first-order chi connectivity index (χ1) is 10.2. The van der Waals surface area contributed by atoms with Gasteiger partial charge in [0.05, 0.1) is 0 Å². The summed E-state index contributed by atoms with van der Waals surface area (Å²) >= 11 is 1.16. The van der Waals surface area contributed by atoms with Gasteiger partial charge in [0.15, 0.2) is 5.82 Å². The topological polar surface area (TPSA) is 76.1 Å². The molecule has 0 bridgehead atoms. The van der Waals surface area contributed by atoms with Crippen LogP contribution in [0.5, 0.6) is 0 Å². The first kappa shape index (κ1) is 15.4. The van der Waals surface area contributed by atoms with Crippen LogP contribution in [0.1, 0.15) is 13.3 Å². The first-order valence-corrected chi connectivity index (χ1v) is 7.42. The molecule has 6 nitrogen and oxygen atoms in total. The Morgan fingerprint density at radius 3 is 2.86 bits per heavy atom. The van der Waals surface area contributed by atoms with Crippen molar-refractivity contribution in [1.29, 1.82) is 0 Å². The summed E-state index contributed by atoms with van der Waals surface area (Å²) in [5, 5.41) is 5.99. The Morgan fingerprint density at radius 2 is 2.14 bits per heavy atom. The Labute approximate surface area is 127 Å². The fraction of sp³-hybridized carbons (Fsp3) is 0.357. The van der Waals surface area contributed by atoms with Gasteiger partial charge in [-0.15, -0.1) is 0 Å². The van der Waals surface area contributed by atoms with Crippen LogP contribution in [0.25, 0.3) is 11.4 Å². The molecule has 1 heterocycles. The van der Waals surface area contributed by atoms with E-state index >= 15 is 0 Å². The number of rotatable bonds is 6. The molecule has 1 atom stereocenters. The minimum Gasteiger partial charge on any atom is -0.385 e. The number of urea groups is 1. The van der Waals surface area contributed by atoms with E-state index in [1.165, 1.54) is 0 Å². The highest BCUT2D eigenvalue weighted by atomic mass is 32.1. The molecule has 2 rings (SSSR count). The molecule has 0 unspecified atom stereocenters. The van der Waals surface area contributed by atoms with E-state index in [-0.39, 0.29) is 12.1 Å². The average Bonchev–Trinajstić information content (AvgIpc) is 2.94. The van der Waals surface area contributed by atoms with Crippen molar-refractivity contribution in [2.45, 2.75) is 19.4 Å².